The van der Waals surface area contributed by atoms with Crippen LogP contribution in [0.15, 0.2) is 0 Å². The molecule has 1 atom stereocenters. The van der Waals surface area contributed by atoms with Crippen LogP contribution >= 0.6 is 11.8 Å². The molecule has 1 nitrogen and oxygen atoms in total. The first kappa shape index (κ1) is 10.3. The van der Waals surface area contributed by atoms with Crippen LogP contribution in [0.25, 0.3) is 0 Å². The Kier molecular flexibility index (Phi) is 4.37. The molecule has 10 heavy (non-hydrogen) atoms. The van der Waals surface area contributed by atoms with Gasteiger partial charge in [0, 0.05) is 0 Å². The van der Waals surface area contributed by atoms with Crippen molar-refractivity contribution in [2.45, 2.75) is 39.6 Å². The Morgan fingerprint density at radius 3 is 2.20 bits per heavy atom. The van der Waals surface area contributed by atoms with E-state index in [9.17, 15) is 5.11 Å². The third-order valence-corrected chi connectivity index (χ3v) is 2.11. The third kappa shape index (κ3) is 8.31. The zero-order valence-electron chi connectivity index (χ0n) is 7.31. The highest BCUT2D eigenvalue weighted by Crippen LogP contribution is 2.22. The second kappa shape index (κ2) is 4.24. The van der Waals surface area contributed by atoms with E-state index in [1.165, 1.54) is 11.8 Å². The van der Waals surface area contributed by atoms with Crippen LogP contribution in [-0.2, 0) is 5.11 Å². The van der Waals surface area contributed by atoms with Gasteiger partial charge in [0.2, 0.25) is 0 Å². The van der Waals surface area contributed by atoms with E-state index in [-0.39, 0.29) is 0 Å². The minimum absolute atomic E-state index is 0.377. The predicted octanol–water partition coefficient (Wildman–Crippen LogP) is 2.93. The van der Waals surface area contributed by atoms with Crippen molar-refractivity contribution in [3.63, 3.8) is 0 Å². The summed E-state index contributed by atoms with van der Waals surface area (Å²) in [7, 11) is 0. The topological polar surface area (TPSA) is 19.9 Å². The van der Waals surface area contributed by atoms with Crippen molar-refractivity contribution < 1.29 is 5.11 Å². The smallest absolute Gasteiger partial charge is 0.135 e. The van der Waals surface area contributed by atoms with Crippen LogP contribution in [-0.4, -0.2) is 11.2 Å². The van der Waals surface area contributed by atoms with Gasteiger partial charge in [0.1, 0.15) is 5.44 Å². The Morgan fingerprint density at radius 1 is 1.40 bits per heavy atom. The van der Waals surface area contributed by atoms with Crippen molar-refractivity contribution in [2.75, 3.05) is 5.75 Å². The van der Waals surface area contributed by atoms with E-state index in [1.807, 2.05) is 0 Å². The molecule has 0 aliphatic rings. The lowest BCUT2D eigenvalue weighted by Crippen LogP contribution is -2.07. The van der Waals surface area contributed by atoms with Gasteiger partial charge in [-0.2, -0.15) is 0 Å². The van der Waals surface area contributed by atoms with Crippen LogP contribution in [0, 0.1) is 5.41 Å². The summed E-state index contributed by atoms with van der Waals surface area (Å²) in [5, 5.41) is 10.6. The van der Waals surface area contributed by atoms with Crippen LogP contribution in [0.5, 0.6) is 0 Å². The molecular formula is C8H17OS. The number of thioether (sulfide) groups is 1. The molecule has 0 rings (SSSR count). The molecule has 2 heteroatoms. The number of rotatable bonds is 3. The standard InChI is InChI=1S/C8H17OS/c1-7(9)10-6-5-8(2,3)4/h7H,5-6H2,1-4H3. The van der Waals surface area contributed by atoms with Crippen LogP contribution in [0.1, 0.15) is 34.1 Å². The molecule has 0 N–H and O–H groups in total. The normalized spacial score (nSPS) is 15.3. The summed E-state index contributed by atoms with van der Waals surface area (Å²) < 4.78 is 0. The molecule has 0 aromatic rings. The average Bonchev–Trinajstić information content (AvgIpc) is 1.59. The lowest BCUT2D eigenvalue weighted by atomic mass is 9.94. The summed E-state index contributed by atoms with van der Waals surface area (Å²) in [5.41, 5.74) is -0.0793. The van der Waals surface area contributed by atoms with Gasteiger partial charge in [-0.05, 0) is 24.5 Å². The lowest BCUT2D eigenvalue weighted by molar-refractivity contribution is 0.181. The summed E-state index contributed by atoms with van der Waals surface area (Å²) in [4.78, 5) is 0. The largest absolute Gasteiger partial charge is 0.222 e. The molecule has 0 heterocycles. The van der Waals surface area contributed by atoms with Crippen molar-refractivity contribution in [1.82, 2.24) is 0 Å². The van der Waals surface area contributed by atoms with E-state index in [0.29, 0.717) is 5.41 Å². The van der Waals surface area contributed by atoms with Crippen LogP contribution in [0.3, 0.4) is 0 Å². The van der Waals surface area contributed by atoms with E-state index < -0.39 is 5.44 Å². The summed E-state index contributed by atoms with van der Waals surface area (Å²) in [5.74, 6) is 0.994. The Balaban J connectivity index is 3.21. The Labute approximate surface area is 68.2 Å². The fourth-order valence-corrected chi connectivity index (χ4v) is 1.59. The average molecular weight is 161 g/mol. The minimum atomic E-state index is -0.456. The maximum Gasteiger partial charge on any atom is 0.135 e. The van der Waals surface area contributed by atoms with Crippen molar-refractivity contribution >= 4 is 11.8 Å². The van der Waals surface area contributed by atoms with E-state index in [1.54, 1.807) is 6.92 Å². The number of hydrogen-bond acceptors (Lipinski definition) is 1. The zero-order chi connectivity index (χ0) is 8.20. The molecule has 0 bridgehead atoms. The summed E-state index contributed by atoms with van der Waals surface area (Å²) >= 11 is 1.50. The Hall–Kier alpha value is 0.310. The summed E-state index contributed by atoms with van der Waals surface area (Å²) in [6.07, 6.45) is 1.13. The second-order valence-electron chi connectivity index (χ2n) is 3.75. The van der Waals surface area contributed by atoms with Gasteiger partial charge in [0.05, 0.1) is 0 Å². The zero-order valence-corrected chi connectivity index (χ0v) is 8.12. The highest BCUT2D eigenvalue weighted by molar-refractivity contribution is 7.99. The third-order valence-electron chi connectivity index (χ3n) is 1.20. The van der Waals surface area contributed by atoms with Gasteiger partial charge in [-0.25, -0.2) is 5.11 Å². The van der Waals surface area contributed by atoms with Crippen molar-refractivity contribution in [3.05, 3.63) is 0 Å². The van der Waals surface area contributed by atoms with Gasteiger partial charge in [0.25, 0.3) is 0 Å². The number of hydrogen-bond donors (Lipinski definition) is 0. The van der Waals surface area contributed by atoms with Gasteiger partial charge in [0.15, 0.2) is 0 Å². The summed E-state index contributed by atoms with van der Waals surface area (Å²) in [6, 6.07) is 0. The molecule has 0 aromatic carbocycles. The molecule has 1 unspecified atom stereocenters. The predicted molar refractivity (Wildman–Crippen MR) is 46.7 cm³/mol. The first-order valence-corrected chi connectivity index (χ1v) is 4.74. The minimum Gasteiger partial charge on any atom is -0.222 e. The van der Waals surface area contributed by atoms with Crippen LogP contribution in [0.4, 0.5) is 0 Å². The molecule has 61 valence electrons. The maximum atomic E-state index is 10.6. The molecule has 0 spiro atoms. The van der Waals surface area contributed by atoms with Gasteiger partial charge in [-0.15, -0.1) is 11.8 Å². The van der Waals surface area contributed by atoms with Gasteiger partial charge in [-0.1, -0.05) is 20.8 Å². The first-order valence-electron chi connectivity index (χ1n) is 3.69. The molecule has 0 fully saturated rings. The maximum absolute atomic E-state index is 10.6. The summed E-state index contributed by atoms with van der Waals surface area (Å²) in [6.45, 7) is 8.29. The van der Waals surface area contributed by atoms with Crippen molar-refractivity contribution in [3.8, 4) is 0 Å². The van der Waals surface area contributed by atoms with Crippen LogP contribution < -0.4 is 0 Å². The van der Waals surface area contributed by atoms with Crippen LogP contribution in [0.2, 0.25) is 0 Å². The van der Waals surface area contributed by atoms with Crippen molar-refractivity contribution in [1.29, 1.82) is 0 Å². The van der Waals surface area contributed by atoms with Gasteiger partial charge >= 0.3 is 0 Å². The van der Waals surface area contributed by atoms with Gasteiger partial charge < -0.3 is 0 Å². The van der Waals surface area contributed by atoms with E-state index in [0.717, 1.165) is 12.2 Å². The highest BCUT2D eigenvalue weighted by Gasteiger charge is 2.10. The second-order valence-corrected chi connectivity index (χ2v) is 5.15. The highest BCUT2D eigenvalue weighted by atomic mass is 32.2. The fraction of sp³-hybridized carbons (Fsp3) is 1.00. The first-order chi connectivity index (χ1) is 4.42. The molecule has 0 amide bonds. The Morgan fingerprint density at radius 2 is 1.90 bits per heavy atom. The van der Waals surface area contributed by atoms with E-state index in [2.05, 4.69) is 20.8 Å². The van der Waals surface area contributed by atoms with E-state index >= 15 is 0 Å². The molecule has 1 radical (unpaired) electrons. The lowest BCUT2D eigenvalue weighted by Gasteiger charge is -2.17. The SMILES string of the molecule is CC([O])SCCC(C)(C)C. The molecule has 0 aromatic heterocycles. The van der Waals surface area contributed by atoms with Gasteiger partial charge in [-0.3, -0.25) is 0 Å². The molecular weight excluding hydrogens is 144 g/mol. The molecule has 0 aliphatic carbocycles. The monoisotopic (exact) mass is 161 g/mol. The molecule has 0 saturated heterocycles. The van der Waals surface area contributed by atoms with E-state index in [4.69, 9.17) is 0 Å². The fourth-order valence-electron chi connectivity index (χ4n) is 0.531. The quantitative estimate of drug-likeness (QED) is 0.583. The van der Waals surface area contributed by atoms with Crippen molar-refractivity contribution in [2.24, 2.45) is 5.41 Å². The Bertz CT molecular complexity index is 83.7. The molecule has 0 aliphatic heterocycles. The molecule has 0 saturated carbocycles.